The topological polar surface area (TPSA) is 64.7 Å². The van der Waals surface area contributed by atoms with E-state index < -0.39 is 11.2 Å². The SMILES string of the molecule is N#CC1C(=N)S[C@@H](C(=O)c2ccccc2)[C@@H]1c1ccccc1. The van der Waals surface area contributed by atoms with E-state index in [0.29, 0.717) is 5.56 Å². The zero-order valence-electron chi connectivity index (χ0n) is 11.8. The maximum absolute atomic E-state index is 12.8. The van der Waals surface area contributed by atoms with Crippen LogP contribution in [0.3, 0.4) is 0 Å². The molecule has 1 unspecified atom stereocenters. The lowest BCUT2D eigenvalue weighted by molar-refractivity contribution is 0.0981. The van der Waals surface area contributed by atoms with E-state index >= 15 is 0 Å². The van der Waals surface area contributed by atoms with Crippen LogP contribution in [0.15, 0.2) is 60.7 Å². The number of benzene rings is 2. The molecule has 0 amide bonds. The van der Waals surface area contributed by atoms with Gasteiger partial charge >= 0.3 is 0 Å². The summed E-state index contributed by atoms with van der Waals surface area (Å²) in [6.45, 7) is 0. The van der Waals surface area contributed by atoms with Crippen molar-refractivity contribution in [2.45, 2.75) is 11.2 Å². The fourth-order valence-electron chi connectivity index (χ4n) is 2.79. The molecule has 1 aliphatic rings. The van der Waals surface area contributed by atoms with Crippen molar-refractivity contribution >= 4 is 22.6 Å². The molecule has 0 bridgehead atoms. The largest absolute Gasteiger partial charge is 0.297 e. The van der Waals surface area contributed by atoms with Gasteiger partial charge in [-0.3, -0.25) is 10.2 Å². The highest BCUT2D eigenvalue weighted by atomic mass is 32.2. The number of Topliss-reactive ketones (excluding diaryl/α,β-unsaturated/α-hetero) is 1. The van der Waals surface area contributed by atoms with Crippen molar-refractivity contribution in [1.82, 2.24) is 0 Å². The molecule has 3 rings (SSSR count). The normalized spacial score (nSPS) is 24.0. The highest BCUT2D eigenvalue weighted by Crippen LogP contribution is 2.46. The van der Waals surface area contributed by atoms with Gasteiger partial charge in [0, 0.05) is 11.5 Å². The molecule has 1 fully saturated rings. The number of thioether (sulfide) groups is 1. The number of rotatable bonds is 3. The van der Waals surface area contributed by atoms with Crippen molar-refractivity contribution in [1.29, 1.82) is 10.7 Å². The molecule has 2 aromatic rings. The van der Waals surface area contributed by atoms with Crippen molar-refractivity contribution in [2.75, 3.05) is 0 Å². The van der Waals surface area contributed by atoms with E-state index in [-0.39, 0.29) is 16.7 Å². The zero-order chi connectivity index (χ0) is 15.5. The summed E-state index contributed by atoms with van der Waals surface area (Å²) in [7, 11) is 0. The average Bonchev–Trinajstić information content (AvgIpc) is 2.92. The first kappa shape index (κ1) is 14.6. The highest BCUT2D eigenvalue weighted by molar-refractivity contribution is 8.15. The summed E-state index contributed by atoms with van der Waals surface area (Å²) in [6, 6.07) is 20.9. The van der Waals surface area contributed by atoms with Crippen LogP contribution in [0.4, 0.5) is 0 Å². The molecule has 3 nitrogen and oxygen atoms in total. The van der Waals surface area contributed by atoms with Crippen LogP contribution in [-0.2, 0) is 0 Å². The van der Waals surface area contributed by atoms with E-state index in [1.54, 1.807) is 12.1 Å². The number of nitrogens with one attached hydrogen (secondary N) is 1. The quantitative estimate of drug-likeness (QED) is 0.875. The van der Waals surface area contributed by atoms with Gasteiger partial charge in [-0.1, -0.05) is 72.4 Å². The monoisotopic (exact) mass is 306 g/mol. The standard InChI is InChI=1S/C18H14N2OS/c19-11-14-15(12-7-3-1-4-8-12)17(22-18(14)20)16(21)13-9-5-2-6-10-13/h1-10,14-15,17,20H/t14?,15-,17-/m1/s1. The molecule has 0 spiro atoms. The Morgan fingerprint density at radius 2 is 1.64 bits per heavy atom. The minimum absolute atomic E-state index is 0.0121. The Kier molecular flexibility index (Phi) is 4.08. The summed E-state index contributed by atoms with van der Waals surface area (Å²) in [5.41, 5.74) is 1.57. The first-order chi connectivity index (χ1) is 10.7. The second-order valence-corrected chi connectivity index (χ2v) is 6.36. The van der Waals surface area contributed by atoms with Crippen LogP contribution in [0, 0.1) is 22.7 Å². The number of hydrogen-bond donors (Lipinski definition) is 1. The molecule has 0 saturated carbocycles. The van der Waals surface area contributed by atoms with Crippen molar-refractivity contribution in [2.24, 2.45) is 5.92 Å². The molecule has 0 aliphatic carbocycles. The molecule has 1 heterocycles. The van der Waals surface area contributed by atoms with Gasteiger partial charge in [0.15, 0.2) is 5.78 Å². The molecule has 2 aromatic carbocycles. The predicted octanol–water partition coefficient (Wildman–Crippen LogP) is 3.89. The Labute approximate surface area is 133 Å². The second-order valence-electron chi connectivity index (χ2n) is 5.18. The lowest BCUT2D eigenvalue weighted by Crippen LogP contribution is -2.24. The number of ketones is 1. The molecule has 0 radical (unpaired) electrons. The van der Waals surface area contributed by atoms with Crippen LogP contribution < -0.4 is 0 Å². The molecule has 108 valence electrons. The van der Waals surface area contributed by atoms with E-state index in [1.807, 2.05) is 48.5 Å². The van der Waals surface area contributed by atoms with Gasteiger partial charge in [-0.15, -0.1) is 0 Å². The summed E-state index contributed by atoms with van der Waals surface area (Å²) in [4.78, 5) is 12.8. The van der Waals surface area contributed by atoms with E-state index in [0.717, 1.165) is 5.56 Å². The van der Waals surface area contributed by atoms with Gasteiger partial charge in [-0.25, -0.2) is 0 Å². The second kappa shape index (κ2) is 6.17. The summed E-state index contributed by atoms with van der Waals surface area (Å²) < 4.78 is 0. The molecule has 22 heavy (non-hydrogen) atoms. The molecule has 1 saturated heterocycles. The zero-order valence-corrected chi connectivity index (χ0v) is 12.6. The Morgan fingerprint density at radius 1 is 1.05 bits per heavy atom. The third kappa shape index (κ3) is 2.56. The third-order valence-electron chi connectivity index (χ3n) is 3.86. The van der Waals surface area contributed by atoms with Crippen molar-refractivity contribution in [3.05, 3.63) is 71.8 Å². The van der Waals surface area contributed by atoms with Crippen LogP contribution >= 0.6 is 11.8 Å². The first-order valence-corrected chi connectivity index (χ1v) is 7.89. The van der Waals surface area contributed by atoms with E-state index in [9.17, 15) is 10.1 Å². The summed E-state index contributed by atoms with van der Waals surface area (Å²) >= 11 is 1.22. The number of nitriles is 1. The summed E-state index contributed by atoms with van der Waals surface area (Å²) in [5, 5.41) is 17.4. The van der Waals surface area contributed by atoms with Gasteiger partial charge in [0.25, 0.3) is 0 Å². The lowest BCUT2D eigenvalue weighted by atomic mass is 9.82. The smallest absolute Gasteiger partial charge is 0.176 e. The Balaban J connectivity index is 2.01. The van der Waals surface area contributed by atoms with Crippen LogP contribution in [0.5, 0.6) is 0 Å². The number of carbonyl (C=O) groups excluding carboxylic acids is 1. The van der Waals surface area contributed by atoms with Gasteiger partial charge in [-0.05, 0) is 5.56 Å². The first-order valence-electron chi connectivity index (χ1n) is 7.01. The molecule has 1 N–H and O–H groups in total. The average molecular weight is 306 g/mol. The Morgan fingerprint density at radius 3 is 2.23 bits per heavy atom. The van der Waals surface area contributed by atoms with Crippen LogP contribution in [0.2, 0.25) is 0 Å². The maximum atomic E-state index is 12.8. The van der Waals surface area contributed by atoms with Gasteiger partial charge in [0.1, 0.15) is 5.92 Å². The van der Waals surface area contributed by atoms with Gasteiger partial charge in [0.2, 0.25) is 0 Å². The fraction of sp³-hybridized carbons (Fsp3) is 0.167. The molecule has 4 heteroatoms. The van der Waals surface area contributed by atoms with Gasteiger partial charge in [0.05, 0.1) is 16.4 Å². The van der Waals surface area contributed by atoms with Crippen molar-refractivity contribution in [3.8, 4) is 6.07 Å². The van der Waals surface area contributed by atoms with Crippen LogP contribution in [0.25, 0.3) is 0 Å². The number of carbonyl (C=O) groups is 1. The van der Waals surface area contributed by atoms with E-state index in [1.165, 1.54) is 11.8 Å². The molecule has 1 aliphatic heterocycles. The van der Waals surface area contributed by atoms with Crippen LogP contribution in [0.1, 0.15) is 21.8 Å². The summed E-state index contributed by atoms with van der Waals surface area (Å²) in [5.74, 6) is -0.830. The molecule has 3 atom stereocenters. The Bertz CT molecular complexity index is 737. The number of hydrogen-bond acceptors (Lipinski definition) is 4. The molecule has 0 aromatic heterocycles. The van der Waals surface area contributed by atoms with Crippen LogP contribution in [-0.4, -0.2) is 16.1 Å². The lowest BCUT2D eigenvalue weighted by Gasteiger charge is -2.19. The van der Waals surface area contributed by atoms with Gasteiger partial charge < -0.3 is 0 Å². The minimum Gasteiger partial charge on any atom is -0.297 e. The molecular weight excluding hydrogens is 292 g/mol. The van der Waals surface area contributed by atoms with E-state index in [2.05, 4.69) is 6.07 Å². The van der Waals surface area contributed by atoms with E-state index in [4.69, 9.17) is 5.41 Å². The maximum Gasteiger partial charge on any atom is 0.176 e. The molecular formula is C18H14N2OS. The van der Waals surface area contributed by atoms with Crippen molar-refractivity contribution in [3.63, 3.8) is 0 Å². The summed E-state index contributed by atoms with van der Waals surface area (Å²) in [6.07, 6.45) is 0. The highest BCUT2D eigenvalue weighted by Gasteiger charge is 2.45. The fourth-order valence-corrected chi connectivity index (χ4v) is 4.11. The Hall–Kier alpha value is -2.38. The third-order valence-corrected chi connectivity index (χ3v) is 5.13. The number of nitrogens with zero attached hydrogens (tertiary/aromatic N) is 1. The minimum atomic E-state index is -0.551. The predicted molar refractivity (Wildman–Crippen MR) is 88.2 cm³/mol. The van der Waals surface area contributed by atoms with Gasteiger partial charge in [-0.2, -0.15) is 5.26 Å². The van der Waals surface area contributed by atoms with Crippen molar-refractivity contribution < 1.29 is 4.79 Å².